The molecule has 0 aliphatic carbocycles. The fourth-order valence-corrected chi connectivity index (χ4v) is 1.80. The zero-order valence-electron chi connectivity index (χ0n) is 11.8. The molecule has 0 fully saturated rings. The second kappa shape index (κ2) is 7.28. The van der Waals surface area contributed by atoms with Crippen molar-refractivity contribution in [3.05, 3.63) is 48.5 Å². The molecule has 0 aliphatic heterocycles. The maximum Gasteiger partial charge on any atom is 0.121 e. The number of anilines is 2. The third kappa shape index (κ3) is 4.09. The molecule has 0 saturated carbocycles. The minimum Gasteiger partial charge on any atom is -0.494 e. The van der Waals surface area contributed by atoms with Crippen molar-refractivity contribution in [2.45, 2.75) is 13.8 Å². The molecular weight excluding hydrogens is 252 g/mol. The molecule has 20 heavy (non-hydrogen) atoms. The van der Waals surface area contributed by atoms with Gasteiger partial charge in [0.1, 0.15) is 11.5 Å². The third-order valence-corrected chi connectivity index (χ3v) is 2.64. The summed E-state index contributed by atoms with van der Waals surface area (Å²) in [6.45, 7) is 5.26. The van der Waals surface area contributed by atoms with E-state index < -0.39 is 0 Å². The predicted molar refractivity (Wildman–Crippen MR) is 82.5 cm³/mol. The van der Waals surface area contributed by atoms with Crippen molar-refractivity contribution in [1.29, 1.82) is 0 Å². The van der Waals surface area contributed by atoms with E-state index in [1.54, 1.807) is 0 Å². The van der Waals surface area contributed by atoms with Gasteiger partial charge in [0.15, 0.2) is 0 Å². The van der Waals surface area contributed by atoms with E-state index >= 15 is 0 Å². The summed E-state index contributed by atoms with van der Waals surface area (Å²) in [5, 5.41) is 0. The van der Waals surface area contributed by atoms with Gasteiger partial charge in [-0.2, -0.15) is 0 Å². The molecule has 0 unspecified atom stereocenters. The summed E-state index contributed by atoms with van der Waals surface area (Å²) in [5.74, 6) is 1.70. The van der Waals surface area contributed by atoms with Crippen LogP contribution in [0.15, 0.2) is 48.5 Å². The molecule has 2 aromatic rings. The Bertz CT molecular complexity index is 494. The second-order valence-corrected chi connectivity index (χ2v) is 4.17. The van der Waals surface area contributed by atoms with Crippen molar-refractivity contribution in [3.8, 4) is 11.5 Å². The van der Waals surface area contributed by atoms with E-state index in [0.29, 0.717) is 13.2 Å². The first-order valence-electron chi connectivity index (χ1n) is 6.79. The van der Waals surface area contributed by atoms with Gasteiger partial charge in [-0.3, -0.25) is 0 Å². The zero-order valence-corrected chi connectivity index (χ0v) is 11.8. The Balaban J connectivity index is 1.97. The van der Waals surface area contributed by atoms with Crippen molar-refractivity contribution in [1.82, 2.24) is 0 Å². The number of hydrogen-bond donors (Lipinski definition) is 2. The summed E-state index contributed by atoms with van der Waals surface area (Å²) in [7, 11) is 0. The van der Waals surface area contributed by atoms with Crippen LogP contribution in [-0.4, -0.2) is 13.2 Å². The predicted octanol–water partition coefficient (Wildman–Crippen LogP) is 3.92. The highest BCUT2D eigenvalue weighted by atomic mass is 16.5. The summed E-state index contributed by atoms with van der Waals surface area (Å²) in [6, 6.07) is 15.6. The summed E-state index contributed by atoms with van der Waals surface area (Å²) in [4.78, 5) is 0. The monoisotopic (exact) mass is 272 g/mol. The summed E-state index contributed by atoms with van der Waals surface area (Å²) < 4.78 is 10.9. The van der Waals surface area contributed by atoms with Gasteiger partial charge in [0.2, 0.25) is 0 Å². The van der Waals surface area contributed by atoms with Gasteiger partial charge in [0.05, 0.1) is 24.6 Å². The average molecular weight is 272 g/mol. The molecule has 0 radical (unpaired) electrons. The first kappa shape index (κ1) is 14.1. The Labute approximate surface area is 119 Å². The van der Waals surface area contributed by atoms with E-state index in [4.69, 9.17) is 9.47 Å². The fraction of sp³-hybridized carbons (Fsp3) is 0.250. The van der Waals surface area contributed by atoms with E-state index in [1.807, 2.05) is 62.4 Å². The van der Waals surface area contributed by atoms with Crippen LogP contribution >= 0.6 is 0 Å². The molecule has 4 nitrogen and oxygen atoms in total. The van der Waals surface area contributed by atoms with Crippen molar-refractivity contribution in [3.63, 3.8) is 0 Å². The van der Waals surface area contributed by atoms with Crippen molar-refractivity contribution >= 4 is 11.4 Å². The van der Waals surface area contributed by atoms with Gasteiger partial charge < -0.3 is 20.3 Å². The van der Waals surface area contributed by atoms with Crippen LogP contribution in [0.4, 0.5) is 11.4 Å². The van der Waals surface area contributed by atoms with Crippen LogP contribution in [0.5, 0.6) is 11.5 Å². The van der Waals surface area contributed by atoms with Crippen molar-refractivity contribution < 1.29 is 9.47 Å². The van der Waals surface area contributed by atoms with Gasteiger partial charge in [-0.1, -0.05) is 12.1 Å². The largest absolute Gasteiger partial charge is 0.494 e. The average Bonchev–Trinajstić information content (AvgIpc) is 2.47. The van der Waals surface area contributed by atoms with Crippen LogP contribution in [0.3, 0.4) is 0 Å². The lowest BCUT2D eigenvalue weighted by Crippen LogP contribution is -2.08. The Hall–Kier alpha value is -2.36. The summed E-state index contributed by atoms with van der Waals surface area (Å²) in [6.07, 6.45) is 0. The van der Waals surface area contributed by atoms with Gasteiger partial charge in [-0.25, -0.2) is 0 Å². The minimum atomic E-state index is 0.660. The quantitative estimate of drug-likeness (QED) is 0.750. The van der Waals surface area contributed by atoms with Crippen LogP contribution < -0.4 is 20.3 Å². The van der Waals surface area contributed by atoms with Gasteiger partial charge >= 0.3 is 0 Å². The molecule has 2 rings (SSSR count). The van der Waals surface area contributed by atoms with Crippen LogP contribution in [0.25, 0.3) is 0 Å². The molecule has 0 heterocycles. The second-order valence-electron chi connectivity index (χ2n) is 4.17. The number of ether oxygens (including phenoxy) is 2. The topological polar surface area (TPSA) is 42.5 Å². The van der Waals surface area contributed by atoms with Crippen molar-refractivity contribution in [2.75, 3.05) is 24.1 Å². The Morgan fingerprint density at radius 2 is 1.20 bits per heavy atom. The summed E-state index contributed by atoms with van der Waals surface area (Å²) in [5.41, 5.74) is 8.17. The van der Waals surface area contributed by atoms with Gasteiger partial charge in [0, 0.05) is 12.1 Å². The first-order chi connectivity index (χ1) is 9.81. The lowest BCUT2D eigenvalue weighted by Gasteiger charge is -2.12. The van der Waals surface area contributed by atoms with E-state index in [0.717, 1.165) is 22.9 Å². The lowest BCUT2D eigenvalue weighted by atomic mass is 10.3. The number of rotatable bonds is 7. The Morgan fingerprint density at radius 1 is 0.750 bits per heavy atom. The SMILES string of the molecule is CCOc1cccc(NNc2cccc(OCC)c2)c1. The highest BCUT2D eigenvalue weighted by molar-refractivity contribution is 5.56. The van der Waals surface area contributed by atoms with Crippen LogP contribution in [-0.2, 0) is 0 Å². The first-order valence-corrected chi connectivity index (χ1v) is 6.79. The molecule has 106 valence electrons. The van der Waals surface area contributed by atoms with E-state index in [-0.39, 0.29) is 0 Å². The molecule has 0 aliphatic rings. The maximum atomic E-state index is 5.46. The summed E-state index contributed by atoms with van der Waals surface area (Å²) >= 11 is 0. The number of hydrazine groups is 1. The molecule has 2 aromatic carbocycles. The lowest BCUT2D eigenvalue weighted by molar-refractivity contribution is 0.340. The standard InChI is InChI=1S/C16H20N2O2/c1-3-19-15-9-5-7-13(11-15)17-18-14-8-6-10-16(12-14)20-4-2/h5-12,17-18H,3-4H2,1-2H3. The molecular formula is C16H20N2O2. The number of hydrogen-bond acceptors (Lipinski definition) is 4. The highest BCUT2D eigenvalue weighted by Crippen LogP contribution is 2.20. The molecule has 0 aromatic heterocycles. The van der Waals surface area contributed by atoms with E-state index in [1.165, 1.54) is 0 Å². The minimum absolute atomic E-state index is 0.660. The molecule has 0 spiro atoms. The van der Waals surface area contributed by atoms with Crippen LogP contribution in [0, 0.1) is 0 Å². The smallest absolute Gasteiger partial charge is 0.121 e. The van der Waals surface area contributed by atoms with Gasteiger partial charge in [-0.05, 0) is 38.1 Å². The maximum absolute atomic E-state index is 5.46. The van der Waals surface area contributed by atoms with E-state index in [2.05, 4.69) is 10.9 Å². The molecule has 2 N–H and O–H groups in total. The number of nitrogens with one attached hydrogen (secondary N) is 2. The zero-order chi connectivity index (χ0) is 14.2. The molecule has 4 heteroatoms. The molecule has 0 atom stereocenters. The number of benzene rings is 2. The Kier molecular flexibility index (Phi) is 5.12. The van der Waals surface area contributed by atoms with E-state index in [9.17, 15) is 0 Å². The Morgan fingerprint density at radius 3 is 1.60 bits per heavy atom. The molecule has 0 bridgehead atoms. The van der Waals surface area contributed by atoms with Crippen molar-refractivity contribution in [2.24, 2.45) is 0 Å². The highest BCUT2D eigenvalue weighted by Gasteiger charge is 1.98. The van der Waals surface area contributed by atoms with Gasteiger partial charge in [-0.15, -0.1) is 0 Å². The molecule has 0 amide bonds. The third-order valence-electron chi connectivity index (χ3n) is 2.64. The van der Waals surface area contributed by atoms with Crippen LogP contribution in [0.2, 0.25) is 0 Å². The molecule has 0 saturated heterocycles. The fourth-order valence-electron chi connectivity index (χ4n) is 1.80. The van der Waals surface area contributed by atoms with Crippen LogP contribution in [0.1, 0.15) is 13.8 Å². The van der Waals surface area contributed by atoms with Gasteiger partial charge in [0.25, 0.3) is 0 Å². The normalized spacial score (nSPS) is 9.90.